The van der Waals surface area contributed by atoms with Gasteiger partial charge in [0.1, 0.15) is 11.4 Å². The quantitative estimate of drug-likeness (QED) is 0.835. The molecular weight excluding hydrogens is 306 g/mol. The zero-order valence-electron chi connectivity index (χ0n) is 14.5. The van der Waals surface area contributed by atoms with Gasteiger partial charge in [0.15, 0.2) is 0 Å². The Bertz CT molecular complexity index is 567. The van der Waals surface area contributed by atoms with Gasteiger partial charge in [-0.25, -0.2) is 9.97 Å². The lowest BCUT2D eigenvalue weighted by Gasteiger charge is -2.44. The summed E-state index contributed by atoms with van der Waals surface area (Å²) < 4.78 is 17.5. The summed E-state index contributed by atoms with van der Waals surface area (Å²) in [7, 11) is 0. The molecule has 1 spiro atoms. The third-order valence-electron chi connectivity index (χ3n) is 5.48. The molecule has 6 nitrogen and oxygen atoms in total. The van der Waals surface area contributed by atoms with Crippen molar-refractivity contribution in [3.63, 3.8) is 0 Å². The first kappa shape index (κ1) is 16.4. The summed E-state index contributed by atoms with van der Waals surface area (Å²) in [5, 5.41) is 0. The molecule has 24 heavy (non-hydrogen) atoms. The lowest BCUT2D eigenvalue weighted by Crippen LogP contribution is -2.48. The number of piperidine rings is 1. The number of aromatic nitrogens is 2. The van der Waals surface area contributed by atoms with E-state index >= 15 is 0 Å². The lowest BCUT2D eigenvalue weighted by molar-refractivity contribution is -0.109. The molecule has 0 amide bonds. The minimum Gasteiger partial charge on any atom is -0.376 e. The van der Waals surface area contributed by atoms with Gasteiger partial charge in [0.05, 0.1) is 38.2 Å². The van der Waals surface area contributed by atoms with Crippen molar-refractivity contribution in [1.82, 2.24) is 14.9 Å². The van der Waals surface area contributed by atoms with Crippen molar-refractivity contribution in [1.29, 1.82) is 0 Å². The highest BCUT2D eigenvalue weighted by atomic mass is 16.6. The highest BCUT2D eigenvalue weighted by molar-refractivity contribution is 5.27. The Morgan fingerprint density at radius 2 is 2.12 bits per heavy atom. The molecule has 1 atom stereocenters. The summed E-state index contributed by atoms with van der Waals surface area (Å²) in [6.45, 7) is 8.13. The van der Waals surface area contributed by atoms with Gasteiger partial charge in [-0.1, -0.05) is 0 Å². The third kappa shape index (κ3) is 3.33. The Morgan fingerprint density at radius 1 is 1.25 bits per heavy atom. The van der Waals surface area contributed by atoms with E-state index in [2.05, 4.69) is 9.88 Å². The van der Waals surface area contributed by atoms with Crippen LogP contribution in [0.5, 0.6) is 0 Å². The molecule has 1 aromatic heterocycles. The predicted octanol–water partition coefficient (Wildman–Crippen LogP) is 1.45. The van der Waals surface area contributed by atoms with Gasteiger partial charge in [-0.05, 0) is 38.2 Å². The molecule has 3 aliphatic heterocycles. The van der Waals surface area contributed by atoms with Crippen molar-refractivity contribution in [3.8, 4) is 0 Å². The largest absolute Gasteiger partial charge is 0.376 e. The standard InChI is InChI=1S/C18H27N3O3/c1-14-19-12-15-3-9-24-18(17(15)20-14)4-7-21(8-5-18)6-2-16-13-22-10-11-23-16/h12,16H,2-11,13H2,1H3. The van der Waals surface area contributed by atoms with Gasteiger partial charge < -0.3 is 19.1 Å². The molecular formula is C18H27N3O3. The summed E-state index contributed by atoms with van der Waals surface area (Å²) in [5.41, 5.74) is 2.22. The Kier molecular flexibility index (Phi) is 4.81. The fourth-order valence-corrected chi connectivity index (χ4v) is 4.05. The van der Waals surface area contributed by atoms with Crippen LogP contribution in [0.3, 0.4) is 0 Å². The minimum atomic E-state index is -0.192. The van der Waals surface area contributed by atoms with Crippen LogP contribution in [0.15, 0.2) is 6.20 Å². The summed E-state index contributed by atoms with van der Waals surface area (Å²) in [6.07, 6.45) is 6.26. The van der Waals surface area contributed by atoms with Crippen LogP contribution >= 0.6 is 0 Å². The van der Waals surface area contributed by atoms with E-state index in [9.17, 15) is 0 Å². The van der Waals surface area contributed by atoms with Crippen molar-refractivity contribution in [3.05, 3.63) is 23.3 Å². The molecule has 0 bridgehead atoms. The van der Waals surface area contributed by atoms with E-state index in [4.69, 9.17) is 19.2 Å². The molecule has 1 unspecified atom stereocenters. The van der Waals surface area contributed by atoms with E-state index < -0.39 is 0 Å². The Labute approximate surface area is 143 Å². The van der Waals surface area contributed by atoms with Crippen molar-refractivity contribution in [2.45, 2.75) is 44.3 Å². The van der Waals surface area contributed by atoms with Crippen LogP contribution in [0.4, 0.5) is 0 Å². The van der Waals surface area contributed by atoms with Gasteiger partial charge in [0.2, 0.25) is 0 Å². The van der Waals surface area contributed by atoms with E-state index in [-0.39, 0.29) is 11.7 Å². The van der Waals surface area contributed by atoms with Crippen LogP contribution in [0.25, 0.3) is 0 Å². The van der Waals surface area contributed by atoms with Crippen LogP contribution in [-0.4, -0.2) is 67.0 Å². The number of nitrogens with zero attached hydrogens (tertiary/aromatic N) is 3. The Morgan fingerprint density at radius 3 is 2.92 bits per heavy atom. The number of fused-ring (bicyclic) bond motifs is 2. The molecule has 0 aromatic carbocycles. The molecule has 132 valence electrons. The van der Waals surface area contributed by atoms with Gasteiger partial charge in [-0.3, -0.25) is 0 Å². The molecule has 0 N–H and O–H groups in total. The number of aryl methyl sites for hydroxylation is 1. The SMILES string of the molecule is Cc1ncc2c(n1)C1(CCN(CCC3COCCO3)CC1)OCC2. The van der Waals surface area contributed by atoms with E-state index in [0.717, 1.165) is 83.3 Å². The lowest BCUT2D eigenvalue weighted by atomic mass is 9.83. The molecule has 2 saturated heterocycles. The molecule has 0 radical (unpaired) electrons. The van der Waals surface area contributed by atoms with Crippen molar-refractivity contribution < 1.29 is 14.2 Å². The average Bonchev–Trinajstić information content (AvgIpc) is 2.63. The normalized spacial score (nSPS) is 27.1. The second kappa shape index (κ2) is 7.04. The smallest absolute Gasteiger partial charge is 0.125 e. The van der Waals surface area contributed by atoms with Gasteiger partial charge in [-0.2, -0.15) is 0 Å². The summed E-state index contributed by atoms with van der Waals surface area (Å²) in [4.78, 5) is 11.6. The van der Waals surface area contributed by atoms with Crippen molar-refractivity contribution in [2.75, 3.05) is 46.1 Å². The molecule has 2 fully saturated rings. The minimum absolute atomic E-state index is 0.192. The second-order valence-electron chi connectivity index (χ2n) is 7.08. The maximum atomic E-state index is 6.27. The second-order valence-corrected chi connectivity index (χ2v) is 7.08. The van der Waals surface area contributed by atoms with Crippen LogP contribution in [0.2, 0.25) is 0 Å². The molecule has 6 heteroatoms. The van der Waals surface area contributed by atoms with Gasteiger partial charge in [-0.15, -0.1) is 0 Å². The summed E-state index contributed by atoms with van der Waals surface area (Å²) in [6, 6.07) is 0. The number of hydrogen-bond donors (Lipinski definition) is 0. The monoisotopic (exact) mass is 333 g/mol. The van der Waals surface area contributed by atoms with Crippen LogP contribution in [0.1, 0.15) is 36.3 Å². The Hall–Kier alpha value is -1.08. The molecule has 4 rings (SSSR count). The van der Waals surface area contributed by atoms with E-state index in [1.165, 1.54) is 5.56 Å². The number of hydrogen-bond acceptors (Lipinski definition) is 6. The molecule has 0 saturated carbocycles. The van der Waals surface area contributed by atoms with E-state index in [0.29, 0.717) is 0 Å². The van der Waals surface area contributed by atoms with Crippen LogP contribution < -0.4 is 0 Å². The first-order valence-corrected chi connectivity index (χ1v) is 9.14. The first-order valence-electron chi connectivity index (χ1n) is 9.14. The van der Waals surface area contributed by atoms with Gasteiger partial charge >= 0.3 is 0 Å². The Balaban J connectivity index is 1.37. The number of likely N-dealkylation sites (tertiary alicyclic amines) is 1. The predicted molar refractivity (Wildman–Crippen MR) is 89.0 cm³/mol. The third-order valence-corrected chi connectivity index (χ3v) is 5.48. The summed E-state index contributed by atoms with van der Waals surface area (Å²) in [5.74, 6) is 0.843. The van der Waals surface area contributed by atoms with Gasteiger partial charge in [0.25, 0.3) is 0 Å². The first-order chi connectivity index (χ1) is 11.8. The average molecular weight is 333 g/mol. The maximum absolute atomic E-state index is 6.27. The van der Waals surface area contributed by atoms with E-state index in [1.807, 2.05) is 13.1 Å². The van der Waals surface area contributed by atoms with Crippen LogP contribution in [-0.2, 0) is 26.2 Å². The topological polar surface area (TPSA) is 56.7 Å². The highest BCUT2D eigenvalue weighted by Crippen LogP contribution is 2.40. The fourth-order valence-electron chi connectivity index (χ4n) is 4.05. The molecule has 3 aliphatic rings. The van der Waals surface area contributed by atoms with Gasteiger partial charge in [0, 0.05) is 25.8 Å². The van der Waals surface area contributed by atoms with Crippen molar-refractivity contribution >= 4 is 0 Å². The zero-order valence-corrected chi connectivity index (χ0v) is 14.5. The van der Waals surface area contributed by atoms with Crippen LogP contribution in [0, 0.1) is 6.92 Å². The fraction of sp³-hybridized carbons (Fsp3) is 0.778. The van der Waals surface area contributed by atoms with Crippen molar-refractivity contribution in [2.24, 2.45) is 0 Å². The zero-order chi connectivity index (χ0) is 16.4. The van der Waals surface area contributed by atoms with E-state index in [1.54, 1.807) is 0 Å². The molecule has 0 aliphatic carbocycles. The molecule has 4 heterocycles. The highest BCUT2D eigenvalue weighted by Gasteiger charge is 2.42. The maximum Gasteiger partial charge on any atom is 0.125 e. The number of ether oxygens (including phenoxy) is 3. The summed E-state index contributed by atoms with van der Waals surface area (Å²) >= 11 is 0. The number of rotatable bonds is 3. The molecule has 1 aromatic rings.